The Morgan fingerprint density at radius 3 is 2.41 bits per heavy atom. The van der Waals surface area contributed by atoms with Crippen molar-refractivity contribution in [2.75, 3.05) is 17.2 Å². The van der Waals surface area contributed by atoms with Crippen LogP contribution in [0.2, 0.25) is 0 Å². The molecule has 0 atom stereocenters. The molecule has 5 nitrogen and oxygen atoms in total. The molecule has 5 heteroatoms. The number of para-hydroxylation sites is 1. The van der Waals surface area contributed by atoms with Crippen LogP contribution in [0.4, 0.5) is 11.4 Å². The summed E-state index contributed by atoms with van der Waals surface area (Å²) < 4.78 is 0. The number of aryl methyl sites for hydroxylation is 2. The first-order valence-electron chi connectivity index (χ1n) is 9.24. The van der Waals surface area contributed by atoms with Gasteiger partial charge < -0.3 is 16.0 Å². The van der Waals surface area contributed by atoms with E-state index in [1.807, 2.05) is 52.0 Å². The molecule has 0 bridgehead atoms. The molecule has 27 heavy (non-hydrogen) atoms. The number of carbonyl (C=O) groups excluding carboxylic acids is 2. The molecular weight excluding hydrogens is 338 g/mol. The van der Waals surface area contributed by atoms with Gasteiger partial charge in [0.1, 0.15) is 0 Å². The zero-order valence-electron chi connectivity index (χ0n) is 16.8. The van der Waals surface area contributed by atoms with Crippen molar-refractivity contribution in [3.8, 4) is 0 Å². The van der Waals surface area contributed by atoms with Crippen molar-refractivity contribution in [3.05, 3.63) is 59.2 Å². The van der Waals surface area contributed by atoms with Gasteiger partial charge in [-0.2, -0.15) is 0 Å². The van der Waals surface area contributed by atoms with Gasteiger partial charge in [-0.3, -0.25) is 9.59 Å². The number of rotatable bonds is 6. The van der Waals surface area contributed by atoms with Gasteiger partial charge in [0.15, 0.2) is 0 Å². The lowest BCUT2D eigenvalue weighted by molar-refractivity contribution is -0.114. The minimum absolute atomic E-state index is 0.122. The predicted octanol–water partition coefficient (Wildman–Crippen LogP) is 4.14. The molecule has 0 aliphatic heterocycles. The van der Waals surface area contributed by atoms with Crippen molar-refractivity contribution in [1.82, 2.24) is 5.32 Å². The number of hydrogen-bond donors (Lipinski definition) is 3. The highest BCUT2D eigenvalue weighted by molar-refractivity contribution is 5.97. The summed E-state index contributed by atoms with van der Waals surface area (Å²) in [6.45, 7) is 9.99. The number of anilines is 2. The van der Waals surface area contributed by atoms with Gasteiger partial charge in [0.25, 0.3) is 5.91 Å². The van der Waals surface area contributed by atoms with Crippen LogP contribution in [-0.4, -0.2) is 23.9 Å². The SMILES string of the molecule is CCc1cccc(C)c1NC(=O)CNc1cccc(C(=O)NC(C)(C)C)c1. The first kappa shape index (κ1) is 20.5. The van der Waals surface area contributed by atoms with E-state index in [0.29, 0.717) is 5.56 Å². The van der Waals surface area contributed by atoms with Crippen LogP contribution in [0.15, 0.2) is 42.5 Å². The van der Waals surface area contributed by atoms with Gasteiger partial charge >= 0.3 is 0 Å². The monoisotopic (exact) mass is 367 g/mol. The van der Waals surface area contributed by atoms with Crippen LogP contribution in [-0.2, 0) is 11.2 Å². The van der Waals surface area contributed by atoms with Crippen molar-refractivity contribution >= 4 is 23.2 Å². The predicted molar refractivity (Wildman–Crippen MR) is 111 cm³/mol. The second-order valence-corrected chi connectivity index (χ2v) is 7.65. The molecule has 0 fully saturated rings. The Morgan fingerprint density at radius 1 is 1.04 bits per heavy atom. The maximum absolute atomic E-state index is 12.4. The molecule has 0 unspecified atom stereocenters. The zero-order chi connectivity index (χ0) is 20.0. The fourth-order valence-electron chi connectivity index (χ4n) is 2.75. The molecule has 0 heterocycles. The van der Waals surface area contributed by atoms with Crippen molar-refractivity contribution in [1.29, 1.82) is 0 Å². The maximum Gasteiger partial charge on any atom is 0.251 e. The molecule has 0 saturated carbocycles. The van der Waals surface area contributed by atoms with E-state index in [4.69, 9.17) is 0 Å². The standard InChI is InChI=1S/C22H29N3O2/c1-6-16-10-7-9-15(2)20(16)24-19(26)14-23-18-12-8-11-17(13-18)21(27)25-22(3,4)5/h7-13,23H,6,14H2,1-5H3,(H,24,26)(H,25,27). The van der Waals surface area contributed by atoms with Gasteiger partial charge in [-0.25, -0.2) is 0 Å². The van der Waals surface area contributed by atoms with Crippen molar-refractivity contribution in [3.63, 3.8) is 0 Å². The van der Waals surface area contributed by atoms with E-state index in [1.165, 1.54) is 0 Å². The van der Waals surface area contributed by atoms with Gasteiger partial charge in [-0.05, 0) is 63.4 Å². The Labute approximate surface area is 161 Å². The maximum atomic E-state index is 12.4. The molecule has 0 radical (unpaired) electrons. The highest BCUT2D eigenvalue weighted by Crippen LogP contribution is 2.21. The second kappa shape index (κ2) is 8.71. The smallest absolute Gasteiger partial charge is 0.251 e. The van der Waals surface area contributed by atoms with Crippen LogP contribution in [0, 0.1) is 6.92 Å². The Kier molecular flexibility index (Phi) is 6.61. The number of carbonyl (C=O) groups is 2. The third-order valence-electron chi connectivity index (χ3n) is 4.07. The normalized spacial score (nSPS) is 11.0. The molecule has 0 aromatic heterocycles. The summed E-state index contributed by atoms with van der Waals surface area (Å²) in [6.07, 6.45) is 0.857. The molecule has 2 aromatic rings. The highest BCUT2D eigenvalue weighted by atomic mass is 16.2. The van der Waals surface area contributed by atoms with E-state index in [2.05, 4.69) is 22.9 Å². The topological polar surface area (TPSA) is 70.2 Å². The third kappa shape index (κ3) is 6.13. The lowest BCUT2D eigenvalue weighted by atomic mass is 10.1. The number of benzene rings is 2. The highest BCUT2D eigenvalue weighted by Gasteiger charge is 2.15. The van der Waals surface area contributed by atoms with Crippen LogP contribution >= 0.6 is 0 Å². The molecular formula is C22H29N3O2. The van der Waals surface area contributed by atoms with Crippen LogP contribution in [0.5, 0.6) is 0 Å². The van der Waals surface area contributed by atoms with E-state index in [-0.39, 0.29) is 23.9 Å². The molecule has 2 aromatic carbocycles. The van der Waals surface area contributed by atoms with Gasteiger partial charge in [0, 0.05) is 22.5 Å². The Hall–Kier alpha value is -2.82. The summed E-state index contributed by atoms with van der Waals surface area (Å²) in [6, 6.07) is 13.1. The van der Waals surface area contributed by atoms with E-state index in [9.17, 15) is 9.59 Å². The quantitative estimate of drug-likeness (QED) is 0.719. The Balaban J connectivity index is 2.00. The molecule has 2 amide bonds. The minimum Gasteiger partial charge on any atom is -0.376 e. The molecule has 0 aliphatic carbocycles. The summed E-state index contributed by atoms with van der Waals surface area (Å²) in [7, 11) is 0. The van der Waals surface area contributed by atoms with E-state index in [1.54, 1.807) is 18.2 Å². The summed E-state index contributed by atoms with van der Waals surface area (Å²) in [5.41, 5.74) is 4.03. The van der Waals surface area contributed by atoms with Crippen LogP contribution in [0.3, 0.4) is 0 Å². The molecule has 2 rings (SSSR count). The lowest BCUT2D eigenvalue weighted by Gasteiger charge is -2.20. The average Bonchev–Trinajstić information content (AvgIpc) is 2.60. The van der Waals surface area contributed by atoms with Gasteiger partial charge in [-0.1, -0.05) is 31.2 Å². The molecule has 144 valence electrons. The number of nitrogens with one attached hydrogen (secondary N) is 3. The number of hydrogen-bond acceptors (Lipinski definition) is 3. The fourth-order valence-corrected chi connectivity index (χ4v) is 2.75. The third-order valence-corrected chi connectivity index (χ3v) is 4.07. The van der Waals surface area contributed by atoms with Crippen molar-refractivity contribution < 1.29 is 9.59 Å². The Morgan fingerprint density at radius 2 is 1.74 bits per heavy atom. The summed E-state index contributed by atoms with van der Waals surface area (Å²) in [4.78, 5) is 24.6. The molecule has 0 saturated heterocycles. The van der Waals surface area contributed by atoms with Crippen LogP contribution in [0.1, 0.15) is 49.2 Å². The largest absolute Gasteiger partial charge is 0.376 e. The summed E-state index contributed by atoms with van der Waals surface area (Å²) in [5, 5.41) is 9.01. The summed E-state index contributed by atoms with van der Waals surface area (Å²) >= 11 is 0. The van der Waals surface area contributed by atoms with Gasteiger partial charge in [0.05, 0.1) is 6.54 Å². The second-order valence-electron chi connectivity index (χ2n) is 7.65. The minimum atomic E-state index is -0.301. The zero-order valence-corrected chi connectivity index (χ0v) is 16.8. The Bertz CT molecular complexity index is 823. The first-order valence-corrected chi connectivity index (χ1v) is 9.24. The van der Waals surface area contributed by atoms with E-state index in [0.717, 1.165) is 28.9 Å². The van der Waals surface area contributed by atoms with E-state index >= 15 is 0 Å². The van der Waals surface area contributed by atoms with Crippen molar-refractivity contribution in [2.45, 2.75) is 46.6 Å². The first-order chi connectivity index (χ1) is 12.7. The van der Waals surface area contributed by atoms with Crippen molar-refractivity contribution in [2.24, 2.45) is 0 Å². The average molecular weight is 367 g/mol. The number of amides is 2. The van der Waals surface area contributed by atoms with Crippen LogP contribution < -0.4 is 16.0 Å². The molecule has 0 spiro atoms. The van der Waals surface area contributed by atoms with E-state index < -0.39 is 0 Å². The molecule has 0 aliphatic rings. The van der Waals surface area contributed by atoms with Crippen LogP contribution in [0.25, 0.3) is 0 Å². The van der Waals surface area contributed by atoms with Gasteiger partial charge in [0.2, 0.25) is 5.91 Å². The lowest BCUT2D eigenvalue weighted by Crippen LogP contribution is -2.40. The molecule has 3 N–H and O–H groups in total. The fraction of sp³-hybridized carbons (Fsp3) is 0.364. The van der Waals surface area contributed by atoms with Gasteiger partial charge in [-0.15, -0.1) is 0 Å². The summed E-state index contributed by atoms with van der Waals surface area (Å²) in [5.74, 6) is -0.258.